The van der Waals surface area contributed by atoms with Gasteiger partial charge >= 0.3 is 30.0 Å². The Hall–Kier alpha value is -2.05. The summed E-state index contributed by atoms with van der Waals surface area (Å²) in [6, 6.07) is -0.773. The molecule has 5 atom stereocenters. The smallest absolute Gasteiger partial charge is 0.447 e. The summed E-state index contributed by atoms with van der Waals surface area (Å²) in [6.07, 6.45) is -11.6. The minimum atomic E-state index is -6.98. The molecule has 0 aromatic heterocycles. The fourth-order valence-electron chi connectivity index (χ4n) is 4.57. The van der Waals surface area contributed by atoms with Gasteiger partial charge in [-0.3, -0.25) is 15.0 Å². The van der Waals surface area contributed by atoms with Crippen LogP contribution in [-0.4, -0.2) is 106 Å². The second kappa shape index (κ2) is 13.9. The van der Waals surface area contributed by atoms with Crippen molar-refractivity contribution >= 4 is 12.0 Å². The van der Waals surface area contributed by atoms with Gasteiger partial charge in [-0.15, -0.1) is 0 Å². The third-order valence-electron chi connectivity index (χ3n) is 7.07. The number of carbonyl (C=O) groups is 2. The van der Waals surface area contributed by atoms with E-state index in [1.54, 1.807) is 0 Å². The second-order valence-corrected chi connectivity index (χ2v) is 10.1. The van der Waals surface area contributed by atoms with E-state index in [1.165, 1.54) is 4.90 Å². The van der Waals surface area contributed by atoms with Gasteiger partial charge in [-0.25, -0.2) is 4.79 Å². The van der Waals surface area contributed by atoms with Gasteiger partial charge in [-0.05, 0) is 19.4 Å². The number of hydrogen-bond acceptors (Lipinski definition) is 7. The molecule has 0 unspecified atom stereocenters. The normalized spacial score (nSPS) is 25.7. The number of unbranched alkanes of at least 4 members (excludes halogenated alkanes) is 6. The average molecular weight is 620 g/mol. The lowest BCUT2D eigenvalue weighted by atomic mass is 9.92. The van der Waals surface area contributed by atoms with E-state index in [2.05, 4.69) is 10.6 Å². The van der Waals surface area contributed by atoms with E-state index in [-0.39, 0.29) is 13.2 Å². The van der Waals surface area contributed by atoms with Crippen molar-refractivity contribution in [3.63, 3.8) is 0 Å². The van der Waals surface area contributed by atoms with Crippen LogP contribution in [0.4, 0.5) is 44.3 Å². The number of alkyl halides is 9. The van der Waals surface area contributed by atoms with Crippen LogP contribution in [0.25, 0.3) is 0 Å². The lowest BCUT2D eigenvalue weighted by Gasteiger charge is -2.44. The Labute approximate surface area is 229 Å². The number of amides is 2. The number of cyclic esters (lactones) is 1. The van der Waals surface area contributed by atoms with Crippen molar-refractivity contribution in [3.8, 4) is 0 Å². The molecule has 2 saturated heterocycles. The van der Waals surface area contributed by atoms with E-state index in [0.717, 1.165) is 19.3 Å². The molecule has 2 fully saturated rings. The van der Waals surface area contributed by atoms with Crippen molar-refractivity contribution in [1.29, 1.82) is 0 Å². The SMILES string of the molecule is O=C(CCC(F)(F)C(F)(F)C(F)(F)C(F)(F)F)NCCCCCCCCCN[C@@H]1[C@H](O)[C@@H](O)[C@@H](O)[C@H]2COC(=O)N21. The van der Waals surface area contributed by atoms with Crippen LogP contribution in [0, 0.1) is 0 Å². The molecule has 240 valence electrons. The van der Waals surface area contributed by atoms with Crippen molar-refractivity contribution in [2.75, 3.05) is 19.7 Å². The van der Waals surface area contributed by atoms with E-state index in [4.69, 9.17) is 4.74 Å². The van der Waals surface area contributed by atoms with Gasteiger partial charge in [-0.2, -0.15) is 39.5 Å². The molecule has 5 N–H and O–H groups in total. The Balaban J connectivity index is 1.55. The molecule has 0 aromatic rings. The molecule has 2 aliphatic rings. The topological polar surface area (TPSA) is 131 Å². The average Bonchev–Trinajstić information content (AvgIpc) is 3.26. The number of hydrogen-bond donors (Lipinski definition) is 5. The maximum Gasteiger partial charge on any atom is 0.460 e. The molecule has 2 heterocycles. The summed E-state index contributed by atoms with van der Waals surface area (Å²) in [5.41, 5.74) is 0. The Morgan fingerprint density at radius 1 is 0.805 bits per heavy atom. The van der Waals surface area contributed by atoms with Crippen LogP contribution in [0.3, 0.4) is 0 Å². The number of fused-ring (bicyclic) bond motifs is 1. The molecule has 2 aliphatic heterocycles. The zero-order valence-corrected chi connectivity index (χ0v) is 21.8. The summed E-state index contributed by atoms with van der Waals surface area (Å²) < 4.78 is 120. The zero-order chi connectivity index (χ0) is 31.2. The minimum Gasteiger partial charge on any atom is -0.447 e. The Bertz CT molecular complexity index is 880. The van der Waals surface area contributed by atoms with Crippen LogP contribution in [-0.2, 0) is 9.53 Å². The summed E-state index contributed by atoms with van der Waals surface area (Å²) in [5, 5.41) is 35.4. The van der Waals surface area contributed by atoms with Gasteiger partial charge in [0, 0.05) is 19.4 Å². The molecule has 9 nitrogen and oxygen atoms in total. The fraction of sp³-hybridized carbons (Fsp3) is 0.913. The number of nitrogens with zero attached hydrogens (tertiary/aromatic N) is 1. The maximum absolute atomic E-state index is 13.5. The molecule has 0 radical (unpaired) electrons. The summed E-state index contributed by atoms with van der Waals surface area (Å²) in [6.45, 7) is 0.257. The van der Waals surface area contributed by atoms with Crippen LogP contribution < -0.4 is 10.6 Å². The Kier molecular flexibility index (Phi) is 12.0. The van der Waals surface area contributed by atoms with E-state index in [1.807, 2.05) is 0 Å². The largest absolute Gasteiger partial charge is 0.460 e. The number of aliphatic hydroxyl groups excluding tert-OH is 3. The molecule has 2 rings (SSSR count). The number of carbonyl (C=O) groups excluding carboxylic acids is 2. The van der Waals surface area contributed by atoms with E-state index in [9.17, 15) is 64.4 Å². The van der Waals surface area contributed by atoms with E-state index in [0.29, 0.717) is 32.2 Å². The van der Waals surface area contributed by atoms with E-state index < -0.39 is 79.3 Å². The lowest BCUT2D eigenvalue weighted by molar-refractivity contribution is -0.396. The third-order valence-corrected chi connectivity index (χ3v) is 7.07. The van der Waals surface area contributed by atoms with Crippen molar-refractivity contribution in [2.24, 2.45) is 0 Å². The highest BCUT2D eigenvalue weighted by atomic mass is 19.4. The predicted octanol–water partition coefficient (Wildman–Crippen LogP) is 2.91. The Morgan fingerprint density at radius 2 is 1.34 bits per heavy atom. The standard InChI is InChI=1S/C23H34F9N3O6/c24-20(25,21(26,27)22(28,29)23(30,31)32)9-8-14(36)33-10-6-4-2-1-3-5-7-11-34-18-17(39)16(38)15(37)13-12-41-19(40)35(13)18/h13,15-18,34,37-39H,1-12H2,(H,33,36)/t13-,15+,16+,17-,18+/m1/s1. The summed E-state index contributed by atoms with van der Waals surface area (Å²) in [4.78, 5) is 24.7. The highest BCUT2D eigenvalue weighted by Crippen LogP contribution is 2.54. The van der Waals surface area contributed by atoms with Crippen LogP contribution >= 0.6 is 0 Å². The Morgan fingerprint density at radius 3 is 1.90 bits per heavy atom. The van der Waals surface area contributed by atoms with Crippen LogP contribution in [0.1, 0.15) is 57.8 Å². The number of ether oxygens (including phenoxy) is 1. The first kappa shape index (κ1) is 35.1. The summed E-state index contributed by atoms with van der Waals surface area (Å²) >= 11 is 0. The number of halogens is 9. The maximum atomic E-state index is 13.5. The third kappa shape index (κ3) is 8.07. The van der Waals surface area contributed by atoms with Gasteiger partial charge in [0.2, 0.25) is 5.91 Å². The molecule has 0 aliphatic carbocycles. The summed E-state index contributed by atoms with van der Waals surface area (Å²) in [7, 11) is 0. The van der Waals surface area contributed by atoms with E-state index >= 15 is 0 Å². The van der Waals surface area contributed by atoms with Crippen molar-refractivity contribution in [3.05, 3.63) is 0 Å². The first-order valence-electron chi connectivity index (χ1n) is 13.1. The highest BCUT2D eigenvalue weighted by molar-refractivity contribution is 5.75. The number of rotatable bonds is 16. The van der Waals surface area contributed by atoms with Gasteiger partial charge in [0.05, 0.1) is 6.04 Å². The van der Waals surface area contributed by atoms with Gasteiger partial charge in [0.15, 0.2) is 0 Å². The first-order chi connectivity index (χ1) is 18.9. The molecule has 18 heteroatoms. The van der Waals surface area contributed by atoms with Crippen molar-refractivity contribution in [2.45, 2.75) is 112 Å². The van der Waals surface area contributed by atoms with Crippen LogP contribution in [0.5, 0.6) is 0 Å². The lowest BCUT2D eigenvalue weighted by Crippen LogP contribution is -2.69. The number of piperidine rings is 1. The molecular weight excluding hydrogens is 585 g/mol. The second-order valence-electron chi connectivity index (χ2n) is 10.1. The molecule has 0 aromatic carbocycles. The molecule has 2 amide bonds. The van der Waals surface area contributed by atoms with Crippen LogP contribution in [0.15, 0.2) is 0 Å². The minimum absolute atomic E-state index is 0.0341. The van der Waals surface area contributed by atoms with Crippen molar-refractivity contribution in [1.82, 2.24) is 15.5 Å². The quantitative estimate of drug-likeness (QED) is 0.133. The summed E-state index contributed by atoms with van der Waals surface area (Å²) in [5.74, 6) is -20.7. The van der Waals surface area contributed by atoms with Gasteiger partial charge in [-0.1, -0.05) is 32.1 Å². The van der Waals surface area contributed by atoms with Gasteiger partial charge in [0.1, 0.15) is 31.1 Å². The number of nitrogens with one attached hydrogen (secondary N) is 2. The van der Waals surface area contributed by atoms with Crippen molar-refractivity contribution < 1.29 is 69.2 Å². The molecule has 0 spiro atoms. The predicted molar refractivity (Wildman–Crippen MR) is 122 cm³/mol. The molecule has 41 heavy (non-hydrogen) atoms. The highest BCUT2D eigenvalue weighted by Gasteiger charge is 2.81. The fourth-order valence-corrected chi connectivity index (χ4v) is 4.57. The molecular formula is C23H34F9N3O6. The van der Waals surface area contributed by atoms with Crippen LogP contribution in [0.2, 0.25) is 0 Å². The number of aliphatic hydroxyl groups is 3. The molecule has 0 bridgehead atoms. The monoisotopic (exact) mass is 619 g/mol. The van der Waals surface area contributed by atoms with Gasteiger partial charge < -0.3 is 25.4 Å². The van der Waals surface area contributed by atoms with Gasteiger partial charge in [0.25, 0.3) is 0 Å². The first-order valence-corrected chi connectivity index (χ1v) is 13.1. The molecule has 0 saturated carbocycles. The zero-order valence-electron chi connectivity index (χ0n) is 21.8.